The van der Waals surface area contributed by atoms with E-state index in [9.17, 15) is 14.4 Å². The number of hydrogen-bond donors (Lipinski definition) is 3. The second-order valence-corrected chi connectivity index (χ2v) is 8.01. The van der Waals surface area contributed by atoms with Gasteiger partial charge in [-0.25, -0.2) is 9.78 Å². The van der Waals surface area contributed by atoms with E-state index in [-0.39, 0.29) is 24.0 Å². The Hall–Kier alpha value is -3.94. The van der Waals surface area contributed by atoms with Crippen molar-refractivity contribution in [1.29, 1.82) is 0 Å². The van der Waals surface area contributed by atoms with E-state index in [1.165, 1.54) is 4.57 Å². The summed E-state index contributed by atoms with van der Waals surface area (Å²) in [5.74, 6) is 0.233. The van der Waals surface area contributed by atoms with Crippen molar-refractivity contribution in [2.24, 2.45) is 0 Å². The molecule has 1 aromatic heterocycles. The molecule has 1 unspecified atom stereocenters. The summed E-state index contributed by atoms with van der Waals surface area (Å²) >= 11 is 0. The lowest BCUT2D eigenvalue weighted by Gasteiger charge is -2.26. The monoisotopic (exact) mass is 431 g/mol. The zero-order valence-electron chi connectivity index (χ0n) is 18.1. The topological polar surface area (TPSA) is 105 Å². The molecule has 164 valence electrons. The van der Waals surface area contributed by atoms with Crippen molar-refractivity contribution < 1.29 is 9.59 Å². The second kappa shape index (κ2) is 8.66. The van der Waals surface area contributed by atoms with Crippen LogP contribution < -0.4 is 21.5 Å². The van der Waals surface area contributed by atoms with Crippen LogP contribution in [0.5, 0.6) is 0 Å². The molecule has 8 nitrogen and oxygen atoms in total. The summed E-state index contributed by atoms with van der Waals surface area (Å²) < 4.78 is 1.45. The molecule has 0 radical (unpaired) electrons. The standard InChI is InChI=1S/C24H25N5O3/c1-14-5-4-6-18(11-14)28-24(32)25-13-17-8-9-20-19(12-17)23(31)29(16(3)27-20)21-10-7-15(2)26-22(21)30/h4-6,8-9,11-12,21H,2,7,10,13H2,1,3H3,(H,26,30)(H2,25,28,32). The number of urea groups is 1. The van der Waals surface area contributed by atoms with E-state index < -0.39 is 6.04 Å². The highest BCUT2D eigenvalue weighted by molar-refractivity contribution is 5.89. The van der Waals surface area contributed by atoms with Crippen molar-refractivity contribution in [2.45, 2.75) is 39.3 Å². The van der Waals surface area contributed by atoms with Crippen LogP contribution in [0.4, 0.5) is 10.5 Å². The minimum absolute atomic E-state index is 0.241. The van der Waals surface area contributed by atoms with Gasteiger partial charge in [-0.2, -0.15) is 0 Å². The lowest BCUT2D eigenvalue weighted by atomic mass is 10.0. The minimum atomic E-state index is -0.619. The molecule has 1 fully saturated rings. The van der Waals surface area contributed by atoms with Crippen LogP contribution in [0.25, 0.3) is 10.9 Å². The molecule has 4 rings (SSSR count). The number of nitrogens with zero attached hydrogens (tertiary/aromatic N) is 2. The Kier molecular flexibility index (Phi) is 5.77. The second-order valence-electron chi connectivity index (χ2n) is 8.01. The number of carbonyl (C=O) groups excluding carboxylic acids is 2. The molecule has 1 aliphatic heterocycles. The Labute approximate surface area is 185 Å². The minimum Gasteiger partial charge on any atom is -0.334 e. The SMILES string of the molecule is C=C1CCC(n2c(C)nc3ccc(CNC(=O)Nc4cccc(C)c4)cc3c2=O)C(=O)N1. The molecule has 1 atom stereocenters. The van der Waals surface area contributed by atoms with E-state index in [1.54, 1.807) is 19.1 Å². The molecule has 1 aliphatic rings. The van der Waals surface area contributed by atoms with Crippen LogP contribution in [0.3, 0.4) is 0 Å². The number of aromatic nitrogens is 2. The molecule has 2 heterocycles. The number of benzene rings is 2. The highest BCUT2D eigenvalue weighted by Gasteiger charge is 2.28. The van der Waals surface area contributed by atoms with E-state index in [1.807, 2.05) is 37.3 Å². The van der Waals surface area contributed by atoms with Crippen LogP contribution in [0.2, 0.25) is 0 Å². The van der Waals surface area contributed by atoms with E-state index in [4.69, 9.17) is 0 Å². The van der Waals surface area contributed by atoms with Gasteiger partial charge in [0.15, 0.2) is 0 Å². The van der Waals surface area contributed by atoms with Crippen molar-refractivity contribution in [3.05, 3.63) is 82.0 Å². The average Bonchev–Trinajstić information content (AvgIpc) is 2.74. The Morgan fingerprint density at radius 2 is 2.03 bits per heavy atom. The molecular formula is C24H25N5O3. The van der Waals surface area contributed by atoms with Crippen molar-refractivity contribution >= 4 is 28.5 Å². The van der Waals surface area contributed by atoms with Gasteiger partial charge < -0.3 is 16.0 Å². The number of piperidine rings is 1. The maximum absolute atomic E-state index is 13.3. The summed E-state index contributed by atoms with van der Waals surface area (Å²) in [5, 5.41) is 8.72. The molecule has 0 aliphatic carbocycles. The van der Waals surface area contributed by atoms with E-state index in [0.717, 1.165) is 11.1 Å². The molecule has 32 heavy (non-hydrogen) atoms. The lowest BCUT2D eigenvalue weighted by molar-refractivity contribution is -0.124. The van der Waals surface area contributed by atoms with E-state index >= 15 is 0 Å². The summed E-state index contributed by atoms with van der Waals surface area (Å²) in [5.41, 5.74) is 3.45. The first-order chi connectivity index (χ1) is 15.3. The van der Waals surface area contributed by atoms with Crippen molar-refractivity contribution in [1.82, 2.24) is 20.2 Å². The maximum atomic E-state index is 13.3. The van der Waals surface area contributed by atoms with Gasteiger partial charge in [0.1, 0.15) is 11.9 Å². The van der Waals surface area contributed by atoms with Crippen LogP contribution in [-0.4, -0.2) is 21.5 Å². The van der Waals surface area contributed by atoms with Gasteiger partial charge in [0.25, 0.3) is 5.56 Å². The highest BCUT2D eigenvalue weighted by Crippen LogP contribution is 2.23. The molecule has 0 saturated carbocycles. The molecule has 0 spiro atoms. The number of allylic oxidation sites excluding steroid dienone is 1. The third-order valence-electron chi connectivity index (χ3n) is 5.50. The third-order valence-corrected chi connectivity index (χ3v) is 5.50. The molecule has 1 saturated heterocycles. The van der Waals surface area contributed by atoms with Crippen molar-refractivity contribution in [3.8, 4) is 0 Å². The average molecular weight is 431 g/mol. The van der Waals surface area contributed by atoms with Gasteiger partial charge in [-0.05, 0) is 62.1 Å². The van der Waals surface area contributed by atoms with Crippen LogP contribution >= 0.6 is 0 Å². The summed E-state index contributed by atoms with van der Waals surface area (Å²) in [6.07, 6.45) is 1.11. The summed E-state index contributed by atoms with van der Waals surface area (Å²) in [6.45, 7) is 7.71. The van der Waals surface area contributed by atoms with Gasteiger partial charge in [-0.1, -0.05) is 24.8 Å². The first kappa shape index (κ1) is 21.3. The zero-order valence-corrected chi connectivity index (χ0v) is 18.1. The first-order valence-corrected chi connectivity index (χ1v) is 10.4. The van der Waals surface area contributed by atoms with Gasteiger partial charge in [-0.15, -0.1) is 0 Å². The van der Waals surface area contributed by atoms with Crippen LogP contribution in [0.15, 0.2) is 59.5 Å². The number of anilines is 1. The fraction of sp³-hybridized carbons (Fsp3) is 0.250. The predicted molar refractivity (Wildman–Crippen MR) is 123 cm³/mol. The number of amides is 3. The largest absolute Gasteiger partial charge is 0.334 e. The quantitative estimate of drug-likeness (QED) is 0.589. The van der Waals surface area contributed by atoms with E-state index in [0.29, 0.717) is 41.0 Å². The van der Waals surface area contributed by atoms with Crippen molar-refractivity contribution in [3.63, 3.8) is 0 Å². The fourth-order valence-electron chi connectivity index (χ4n) is 3.92. The number of rotatable bonds is 4. The molecule has 3 aromatic rings. The van der Waals surface area contributed by atoms with Crippen LogP contribution in [0, 0.1) is 13.8 Å². The molecular weight excluding hydrogens is 406 g/mol. The van der Waals surface area contributed by atoms with Gasteiger partial charge in [0.05, 0.1) is 10.9 Å². The van der Waals surface area contributed by atoms with Crippen LogP contribution in [0.1, 0.15) is 35.8 Å². The number of fused-ring (bicyclic) bond motifs is 1. The Bertz CT molecular complexity index is 1290. The highest BCUT2D eigenvalue weighted by atomic mass is 16.2. The van der Waals surface area contributed by atoms with Gasteiger partial charge in [0.2, 0.25) is 5.91 Å². The number of nitrogens with one attached hydrogen (secondary N) is 3. The maximum Gasteiger partial charge on any atom is 0.319 e. The summed E-state index contributed by atoms with van der Waals surface area (Å²) in [4.78, 5) is 42.5. The van der Waals surface area contributed by atoms with E-state index in [2.05, 4.69) is 27.5 Å². The molecule has 3 amide bonds. The van der Waals surface area contributed by atoms with Crippen LogP contribution in [-0.2, 0) is 11.3 Å². The number of hydrogen-bond acceptors (Lipinski definition) is 4. The Balaban J connectivity index is 1.55. The molecule has 2 aromatic carbocycles. The van der Waals surface area contributed by atoms with Gasteiger partial charge in [-0.3, -0.25) is 14.2 Å². The first-order valence-electron chi connectivity index (χ1n) is 10.4. The zero-order chi connectivity index (χ0) is 22.8. The van der Waals surface area contributed by atoms with Gasteiger partial charge >= 0.3 is 6.03 Å². The molecule has 3 N–H and O–H groups in total. The smallest absolute Gasteiger partial charge is 0.319 e. The summed E-state index contributed by atoms with van der Waals surface area (Å²) in [7, 11) is 0. The van der Waals surface area contributed by atoms with Gasteiger partial charge in [0, 0.05) is 17.9 Å². The normalized spacial score (nSPS) is 16.0. The third kappa shape index (κ3) is 4.39. The lowest BCUT2D eigenvalue weighted by Crippen LogP contribution is -2.41. The van der Waals surface area contributed by atoms with Crippen molar-refractivity contribution in [2.75, 3.05) is 5.32 Å². The Morgan fingerprint density at radius 1 is 1.22 bits per heavy atom. The molecule has 0 bridgehead atoms. The predicted octanol–water partition coefficient (Wildman–Crippen LogP) is 3.30. The number of aryl methyl sites for hydroxylation is 2. The Morgan fingerprint density at radius 3 is 2.78 bits per heavy atom. The summed E-state index contributed by atoms with van der Waals surface area (Å²) in [6, 6.07) is 11.9. The fourth-order valence-corrected chi connectivity index (χ4v) is 3.92. The molecule has 8 heteroatoms. The number of carbonyl (C=O) groups is 2.